The van der Waals surface area contributed by atoms with Crippen LogP contribution in [0.3, 0.4) is 0 Å². The Morgan fingerprint density at radius 3 is 2.71 bits per heavy atom. The van der Waals surface area contributed by atoms with Crippen LogP contribution in [0.2, 0.25) is 0 Å². The van der Waals surface area contributed by atoms with Gasteiger partial charge in [-0.2, -0.15) is 4.68 Å². The molecule has 2 aromatic heterocycles. The smallest absolute Gasteiger partial charge is 0.159 e. The van der Waals surface area contributed by atoms with Crippen LogP contribution in [0.15, 0.2) is 47.4 Å². The first-order chi connectivity index (χ1) is 13.4. The summed E-state index contributed by atoms with van der Waals surface area (Å²) in [4.78, 5) is 18.1. The fourth-order valence-electron chi connectivity index (χ4n) is 3.42. The van der Waals surface area contributed by atoms with E-state index in [0.29, 0.717) is 29.7 Å². The Morgan fingerprint density at radius 1 is 1.14 bits per heavy atom. The van der Waals surface area contributed by atoms with Gasteiger partial charge in [0, 0.05) is 23.6 Å². The average molecular weight is 379 g/mol. The van der Waals surface area contributed by atoms with Gasteiger partial charge in [0.2, 0.25) is 0 Å². The molecule has 1 aliphatic heterocycles. The summed E-state index contributed by atoms with van der Waals surface area (Å²) < 4.78 is 15.4. The number of aromatic nitrogens is 5. The lowest BCUT2D eigenvalue weighted by molar-refractivity contribution is 0.665. The summed E-state index contributed by atoms with van der Waals surface area (Å²) in [5.41, 5.74) is 1.44. The van der Waals surface area contributed by atoms with Crippen LogP contribution >= 0.6 is 0 Å². The quantitative estimate of drug-likeness (QED) is 0.887. The van der Waals surface area contributed by atoms with Crippen molar-refractivity contribution in [1.29, 1.82) is 0 Å². The van der Waals surface area contributed by atoms with Gasteiger partial charge in [-0.25, -0.2) is 19.3 Å². The van der Waals surface area contributed by atoms with Crippen LogP contribution in [0, 0.1) is 26.7 Å². The molecule has 2 aromatic rings. The summed E-state index contributed by atoms with van der Waals surface area (Å²) in [6.45, 7) is 9.91. The number of rotatable bonds is 3. The van der Waals surface area contributed by atoms with E-state index >= 15 is 0 Å². The highest BCUT2D eigenvalue weighted by atomic mass is 19.1. The molecule has 2 aliphatic rings. The first-order valence-corrected chi connectivity index (χ1v) is 9.21. The van der Waals surface area contributed by atoms with E-state index in [1.807, 2.05) is 26.8 Å². The minimum absolute atomic E-state index is 0.195. The van der Waals surface area contributed by atoms with Crippen LogP contribution in [0.1, 0.15) is 35.5 Å². The van der Waals surface area contributed by atoms with Crippen molar-refractivity contribution in [1.82, 2.24) is 30.0 Å². The number of halogens is 1. The van der Waals surface area contributed by atoms with Gasteiger partial charge in [0.1, 0.15) is 29.1 Å². The molecular weight excluding hydrogens is 357 g/mol. The standard InChI is InChI=1S/C20H22FN7/c1-11-8-15(21)6-5-7-22-20(23-11)17-9-16(17)18-10-19(26-12(2)25-18)28-14(4)24-13(3)27-28/h5-6,8,10,16-17H,1,7,9H2,2-4H3,(H,22,23)/b6-5-,15-8+. The van der Waals surface area contributed by atoms with Gasteiger partial charge >= 0.3 is 0 Å². The van der Waals surface area contributed by atoms with E-state index in [4.69, 9.17) is 0 Å². The van der Waals surface area contributed by atoms with Gasteiger partial charge in [-0.05, 0) is 39.3 Å². The molecule has 8 heteroatoms. The van der Waals surface area contributed by atoms with Crippen molar-refractivity contribution >= 4 is 5.84 Å². The molecule has 0 aromatic carbocycles. The lowest BCUT2D eigenvalue weighted by Crippen LogP contribution is -2.24. The second-order valence-corrected chi connectivity index (χ2v) is 7.07. The number of amidine groups is 1. The van der Waals surface area contributed by atoms with Crippen LogP contribution in [0.25, 0.3) is 5.82 Å². The molecule has 2 unspecified atom stereocenters. The van der Waals surface area contributed by atoms with Crippen LogP contribution in [-0.2, 0) is 0 Å². The fourth-order valence-corrected chi connectivity index (χ4v) is 3.42. The lowest BCUT2D eigenvalue weighted by atomic mass is 10.2. The van der Waals surface area contributed by atoms with E-state index in [9.17, 15) is 4.39 Å². The summed E-state index contributed by atoms with van der Waals surface area (Å²) in [5.74, 6) is 3.79. The van der Waals surface area contributed by atoms with Gasteiger partial charge in [0.25, 0.3) is 0 Å². The molecule has 0 amide bonds. The van der Waals surface area contributed by atoms with Crippen molar-refractivity contribution in [2.45, 2.75) is 33.1 Å². The summed E-state index contributed by atoms with van der Waals surface area (Å²) in [6.07, 6.45) is 5.40. The zero-order valence-electron chi connectivity index (χ0n) is 16.1. The molecule has 1 N–H and O–H groups in total. The molecule has 0 spiro atoms. The Labute approximate surface area is 162 Å². The van der Waals surface area contributed by atoms with Crippen LogP contribution < -0.4 is 5.32 Å². The van der Waals surface area contributed by atoms with Crippen molar-refractivity contribution in [2.24, 2.45) is 10.9 Å². The number of nitrogens with one attached hydrogen (secondary N) is 1. The molecule has 1 saturated carbocycles. The topological polar surface area (TPSA) is 80.9 Å². The van der Waals surface area contributed by atoms with Gasteiger partial charge < -0.3 is 5.32 Å². The average Bonchev–Trinajstić information content (AvgIpc) is 3.33. The van der Waals surface area contributed by atoms with E-state index in [2.05, 4.69) is 36.9 Å². The number of hydrogen-bond acceptors (Lipinski definition) is 6. The predicted molar refractivity (Wildman–Crippen MR) is 105 cm³/mol. The highest BCUT2D eigenvalue weighted by molar-refractivity contribution is 5.90. The second kappa shape index (κ2) is 7.10. The molecule has 0 radical (unpaired) electrons. The van der Waals surface area contributed by atoms with Gasteiger partial charge in [-0.1, -0.05) is 12.7 Å². The minimum Gasteiger partial charge on any atom is -0.344 e. The third-order valence-electron chi connectivity index (χ3n) is 4.70. The molecule has 7 nitrogen and oxygen atoms in total. The predicted octanol–water partition coefficient (Wildman–Crippen LogP) is 3.01. The number of nitrogens with zero attached hydrogens (tertiary/aromatic N) is 6. The van der Waals surface area contributed by atoms with Crippen molar-refractivity contribution in [3.05, 3.63) is 65.6 Å². The van der Waals surface area contributed by atoms with Gasteiger partial charge in [0.15, 0.2) is 5.82 Å². The third-order valence-corrected chi connectivity index (χ3v) is 4.70. The molecule has 1 aliphatic carbocycles. The van der Waals surface area contributed by atoms with E-state index < -0.39 is 0 Å². The molecule has 0 bridgehead atoms. The Morgan fingerprint density at radius 2 is 1.96 bits per heavy atom. The van der Waals surface area contributed by atoms with Crippen molar-refractivity contribution in [2.75, 3.05) is 6.54 Å². The monoisotopic (exact) mass is 379 g/mol. The maximum atomic E-state index is 13.6. The Balaban J connectivity index is 1.59. The summed E-state index contributed by atoms with van der Waals surface area (Å²) >= 11 is 0. The molecule has 2 atom stereocenters. The van der Waals surface area contributed by atoms with E-state index in [0.717, 1.165) is 23.8 Å². The molecule has 3 heterocycles. The Bertz CT molecular complexity index is 1030. The Kier molecular flexibility index (Phi) is 4.62. The SMILES string of the molecule is C=C1/C=C(F)\C=C/CN=C(C2CC2c2cc(-n3nc(C)nc3C)nc(C)n2)N1. The first kappa shape index (κ1) is 18.2. The van der Waals surface area contributed by atoms with E-state index in [-0.39, 0.29) is 17.7 Å². The van der Waals surface area contributed by atoms with E-state index in [1.165, 1.54) is 12.2 Å². The lowest BCUT2D eigenvalue weighted by Gasteiger charge is -2.10. The van der Waals surface area contributed by atoms with Gasteiger partial charge in [0.05, 0.1) is 12.2 Å². The number of hydrogen-bond donors (Lipinski definition) is 1. The van der Waals surface area contributed by atoms with Crippen LogP contribution in [-0.4, -0.2) is 37.1 Å². The summed E-state index contributed by atoms with van der Waals surface area (Å²) in [5, 5.41) is 7.57. The second-order valence-electron chi connectivity index (χ2n) is 7.07. The molecule has 1 fully saturated rings. The summed E-state index contributed by atoms with van der Waals surface area (Å²) in [6, 6.07) is 1.96. The summed E-state index contributed by atoms with van der Waals surface area (Å²) in [7, 11) is 0. The van der Waals surface area contributed by atoms with Crippen molar-refractivity contribution < 1.29 is 4.39 Å². The first-order valence-electron chi connectivity index (χ1n) is 9.21. The Hall–Kier alpha value is -3.16. The molecule has 144 valence electrons. The maximum Gasteiger partial charge on any atom is 0.159 e. The molecule has 0 saturated heterocycles. The van der Waals surface area contributed by atoms with Crippen LogP contribution in [0.5, 0.6) is 0 Å². The number of allylic oxidation sites excluding steroid dienone is 3. The molecule has 4 rings (SSSR count). The highest BCUT2D eigenvalue weighted by Gasteiger charge is 2.44. The highest BCUT2D eigenvalue weighted by Crippen LogP contribution is 2.47. The van der Waals surface area contributed by atoms with Gasteiger partial charge in [-0.15, -0.1) is 5.10 Å². The normalized spacial score (nSPS) is 24.9. The van der Waals surface area contributed by atoms with Gasteiger partial charge in [-0.3, -0.25) is 4.99 Å². The molecular formula is C20H22FN7. The van der Waals surface area contributed by atoms with Crippen LogP contribution in [0.4, 0.5) is 4.39 Å². The molecule has 28 heavy (non-hydrogen) atoms. The van der Waals surface area contributed by atoms with Crippen molar-refractivity contribution in [3.8, 4) is 5.82 Å². The zero-order valence-corrected chi connectivity index (χ0v) is 16.1. The van der Waals surface area contributed by atoms with Crippen molar-refractivity contribution in [3.63, 3.8) is 0 Å². The number of aliphatic imine (C=N–C) groups is 1. The zero-order chi connectivity index (χ0) is 19.8. The van der Waals surface area contributed by atoms with E-state index in [1.54, 1.807) is 10.8 Å². The number of aryl methyl sites for hydroxylation is 3. The third kappa shape index (κ3) is 3.76. The minimum atomic E-state index is -0.337. The largest absolute Gasteiger partial charge is 0.344 e. The fraction of sp³-hybridized carbons (Fsp3) is 0.350. The maximum absolute atomic E-state index is 13.6.